The molecule has 0 unspecified atom stereocenters. The highest BCUT2D eigenvalue weighted by Crippen LogP contribution is 2.49. The minimum atomic E-state index is 0.291. The quantitative estimate of drug-likeness (QED) is 0.576. The van der Waals surface area contributed by atoms with Crippen molar-refractivity contribution < 1.29 is 4.79 Å². The fraction of sp³-hybridized carbons (Fsp3) is 0.923. The lowest BCUT2D eigenvalue weighted by Crippen LogP contribution is -2.24. The number of Topliss-reactive ketones (excluding diaryl/α,β-unsaturated/α-hetero) is 1. The van der Waals surface area contributed by atoms with E-state index in [1.165, 1.54) is 38.5 Å². The number of hydrogen-bond acceptors (Lipinski definition) is 1. The second-order valence-electron chi connectivity index (χ2n) is 5.84. The summed E-state index contributed by atoms with van der Waals surface area (Å²) >= 11 is 0. The van der Waals surface area contributed by atoms with Gasteiger partial charge in [0.05, 0.1) is 0 Å². The first-order valence-electron chi connectivity index (χ1n) is 6.14. The maximum atomic E-state index is 11.9. The van der Waals surface area contributed by atoms with Crippen LogP contribution in [0.25, 0.3) is 0 Å². The van der Waals surface area contributed by atoms with Crippen LogP contribution in [-0.2, 0) is 4.79 Å². The molecule has 14 heavy (non-hydrogen) atoms. The molecule has 0 aromatic carbocycles. The summed E-state index contributed by atoms with van der Waals surface area (Å²) in [5, 5.41) is 0. The van der Waals surface area contributed by atoms with Gasteiger partial charge in [-0.1, -0.05) is 39.5 Å². The molecule has 2 saturated carbocycles. The molecule has 2 fully saturated rings. The Bertz CT molecular complexity index is 229. The average molecular weight is 194 g/mol. The van der Waals surface area contributed by atoms with E-state index in [0.29, 0.717) is 23.0 Å². The molecule has 0 aromatic heterocycles. The van der Waals surface area contributed by atoms with Crippen LogP contribution in [0.3, 0.4) is 0 Å². The van der Waals surface area contributed by atoms with Crippen LogP contribution in [0, 0.1) is 17.3 Å². The van der Waals surface area contributed by atoms with Crippen LogP contribution in [0.1, 0.15) is 58.8 Å². The molecule has 1 nitrogen and oxygen atoms in total. The standard InChI is InChI=1S/C13H22O/c1-13(2)9-12(14)10-7-5-3-4-6-8-11(10)13/h10-11H,3-9H2,1-2H3/t10-,11+/m0/s1. The number of carbonyl (C=O) groups excluding carboxylic acids is 1. The van der Waals surface area contributed by atoms with Gasteiger partial charge in [0.15, 0.2) is 0 Å². The van der Waals surface area contributed by atoms with Gasteiger partial charge in [0, 0.05) is 12.3 Å². The number of ketones is 1. The average Bonchev–Trinajstić information content (AvgIpc) is 2.19. The lowest BCUT2D eigenvalue weighted by molar-refractivity contribution is -0.121. The van der Waals surface area contributed by atoms with Gasteiger partial charge in [0.1, 0.15) is 5.78 Å². The minimum absolute atomic E-state index is 0.291. The summed E-state index contributed by atoms with van der Waals surface area (Å²) < 4.78 is 0. The Kier molecular flexibility index (Phi) is 2.68. The van der Waals surface area contributed by atoms with Crippen LogP contribution in [0.4, 0.5) is 0 Å². The summed E-state index contributed by atoms with van der Waals surface area (Å²) in [6, 6.07) is 0. The summed E-state index contributed by atoms with van der Waals surface area (Å²) in [6.07, 6.45) is 8.66. The van der Waals surface area contributed by atoms with E-state index in [1.807, 2.05) is 0 Å². The van der Waals surface area contributed by atoms with Gasteiger partial charge in [-0.3, -0.25) is 4.79 Å². The molecule has 0 bridgehead atoms. The van der Waals surface area contributed by atoms with Crippen LogP contribution in [0.15, 0.2) is 0 Å². The Balaban J connectivity index is 2.15. The van der Waals surface area contributed by atoms with Gasteiger partial charge in [-0.2, -0.15) is 0 Å². The van der Waals surface area contributed by atoms with Crippen LogP contribution >= 0.6 is 0 Å². The van der Waals surface area contributed by atoms with Gasteiger partial charge in [-0.05, 0) is 24.2 Å². The lowest BCUT2D eigenvalue weighted by Gasteiger charge is -2.31. The maximum Gasteiger partial charge on any atom is 0.136 e. The predicted molar refractivity (Wildman–Crippen MR) is 58.1 cm³/mol. The van der Waals surface area contributed by atoms with Gasteiger partial charge in [0.2, 0.25) is 0 Å². The highest BCUT2D eigenvalue weighted by Gasteiger charge is 2.46. The molecule has 80 valence electrons. The zero-order chi connectivity index (χ0) is 10.2. The highest BCUT2D eigenvalue weighted by molar-refractivity contribution is 5.84. The fourth-order valence-corrected chi connectivity index (χ4v) is 3.52. The predicted octanol–water partition coefficient (Wildman–Crippen LogP) is 3.57. The van der Waals surface area contributed by atoms with Gasteiger partial charge >= 0.3 is 0 Å². The van der Waals surface area contributed by atoms with Gasteiger partial charge < -0.3 is 0 Å². The van der Waals surface area contributed by atoms with E-state index in [1.54, 1.807) is 0 Å². The van der Waals surface area contributed by atoms with Crippen molar-refractivity contribution in [3.63, 3.8) is 0 Å². The first-order valence-corrected chi connectivity index (χ1v) is 6.14. The highest BCUT2D eigenvalue weighted by atomic mass is 16.1. The summed E-state index contributed by atoms with van der Waals surface area (Å²) in [4.78, 5) is 11.9. The zero-order valence-corrected chi connectivity index (χ0v) is 9.51. The molecular weight excluding hydrogens is 172 g/mol. The number of hydrogen-bond donors (Lipinski definition) is 0. The Morgan fingerprint density at radius 3 is 2.43 bits per heavy atom. The van der Waals surface area contributed by atoms with Crippen LogP contribution in [-0.4, -0.2) is 5.78 Å². The largest absolute Gasteiger partial charge is 0.299 e. The van der Waals surface area contributed by atoms with E-state index >= 15 is 0 Å². The molecule has 0 amide bonds. The van der Waals surface area contributed by atoms with Gasteiger partial charge in [-0.25, -0.2) is 0 Å². The van der Waals surface area contributed by atoms with E-state index in [9.17, 15) is 4.79 Å². The van der Waals surface area contributed by atoms with Crippen LogP contribution < -0.4 is 0 Å². The molecule has 0 radical (unpaired) electrons. The summed E-state index contributed by atoms with van der Waals surface area (Å²) in [6.45, 7) is 4.58. The molecule has 0 heterocycles. The third-order valence-electron chi connectivity index (χ3n) is 4.31. The molecule has 0 saturated heterocycles. The monoisotopic (exact) mass is 194 g/mol. The minimum Gasteiger partial charge on any atom is -0.299 e. The SMILES string of the molecule is CC1(C)CC(=O)[C@H]2CCCCCC[C@H]21. The van der Waals surface area contributed by atoms with E-state index in [0.717, 1.165) is 6.42 Å². The van der Waals surface area contributed by atoms with Crippen molar-refractivity contribution >= 4 is 5.78 Å². The van der Waals surface area contributed by atoms with Crippen molar-refractivity contribution in [2.75, 3.05) is 0 Å². The second-order valence-corrected chi connectivity index (χ2v) is 5.84. The Morgan fingerprint density at radius 2 is 1.71 bits per heavy atom. The van der Waals surface area contributed by atoms with E-state index in [4.69, 9.17) is 0 Å². The number of rotatable bonds is 0. The van der Waals surface area contributed by atoms with Gasteiger partial charge in [-0.15, -0.1) is 0 Å². The summed E-state index contributed by atoms with van der Waals surface area (Å²) in [5.41, 5.74) is 0.291. The Labute approximate surface area is 87.3 Å². The maximum absolute atomic E-state index is 11.9. The third kappa shape index (κ3) is 1.74. The van der Waals surface area contributed by atoms with Crippen molar-refractivity contribution in [3.05, 3.63) is 0 Å². The first-order chi connectivity index (χ1) is 6.61. The molecule has 0 aromatic rings. The van der Waals surface area contributed by atoms with Crippen molar-refractivity contribution in [1.29, 1.82) is 0 Å². The smallest absolute Gasteiger partial charge is 0.136 e. The normalized spacial score (nSPS) is 37.4. The summed E-state index contributed by atoms with van der Waals surface area (Å²) in [5.74, 6) is 1.67. The molecule has 2 aliphatic carbocycles. The van der Waals surface area contributed by atoms with E-state index in [-0.39, 0.29) is 0 Å². The molecule has 2 rings (SSSR count). The van der Waals surface area contributed by atoms with E-state index < -0.39 is 0 Å². The van der Waals surface area contributed by atoms with E-state index in [2.05, 4.69) is 13.8 Å². The van der Waals surface area contributed by atoms with Crippen molar-refractivity contribution in [2.45, 2.75) is 58.8 Å². The van der Waals surface area contributed by atoms with Crippen molar-refractivity contribution in [3.8, 4) is 0 Å². The summed E-state index contributed by atoms with van der Waals surface area (Å²) in [7, 11) is 0. The lowest BCUT2D eigenvalue weighted by atomic mass is 9.73. The molecule has 0 aliphatic heterocycles. The van der Waals surface area contributed by atoms with Crippen molar-refractivity contribution in [1.82, 2.24) is 0 Å². The molecule has 2 atom stereocenters. The Hall–Kier alpha value is -0.330. The zero-order valence-electron chi connectivity index (χ0n) is 9.51. The Morgan fingerprint density at radius 1 is 1.07 bits per heavy atom. The first kappa shape index (κ1) is 10.2. The number of carbonyl (C=O) groups is 1. The molecule has 0 N–H and O–H groups in total. The van der Waals surface area contributed by atoms with Crippen molar-refractivity contribution in [2.24, 2.45) is 17.3 Å². The second kappa shape index (κ2) is 3.67. The molecule has 2 aliphatic rings. The van der Waals surface area contributed by atoms with Gasteiger partial charge in [0.25, 0.3) is 0 Å². The topological polar surface area (TPSA) is 17.1 Å². The molecule has 0 spiro atoms. The molecular formula is C13H22O. The third-order valence-corrected chi connectivity index (χ3v) is 4.31. The fourth-order valence-electron chi connectivity index (χ4n) is 3.52. The van der Waals surface area contributed by atoms with Crippen LogP contribution in [0.2, 0.25) is 0 Å². The molecule has 1 heteroatoms. The van der Waals surface area contributed by atoms with Crippen LogP contribution in [0.5, 0.6) is 0 Å². The number of fused-ring (bicyclic) bond motifs is 1.